The lowest BCUT2D eigenvalue weighted by Crippen LogP contribution is -2.44. The van der Waals surface area contributed by atoms with Crippen molar-refractivity contribution in [3.8, 4) is 6.07 Å². The van der Waals surface area contributed by atoms with E-state index in [1.54, 1.807) is 17.1 Å². The number of hydrazine groups is 1. The Bertz CT molecular complexity index is 1190. The molecule has 0 bridgehead atoms. The van der Waals surface area contributed by atoms with E-state index in [1.165, 1.54) is 12.1 Å². The fourth-order valence-electron chi connectivity index (χ4n) is 4.40. The first-order valence-corrected chi connectivity index (χ1v) is 10.2. The van der Waals surface area contributed by atoms with E-state index in [-0.39, 0.29) is 28.3 Å². The molecule has 32 heavy (non-hydrogen) atoms. The second-order valence-electron chi connectivity index (χ2n) is 8.81. The number of anilines is 1. The number of nitro groups is 1. The smallest absolute Gasteiger partial charge is 0.269 e. The van der Waals surface area contributed by atoms with E-state index in [0.717, 1.165) is 11.4 Å². The number of para-hydroxylation sites is 1. The number of carbonyl (C=O) groups excluding carboxylic acids is 1. The van der Waals surface area contributed by atoms with Gasteiger partial charge in [-0.25, -0.2) is 5.01 Å². The Morgan fingerprint density at radius 3 is 2.41 bits per heavy atom. The molecule has 1 aliphatic heterocycles. The highest BCUT2D eigenvalue weighted by Crippen LogP contribution is 2.49. The van der Waals surface area contributed by atoms with Gasteiger partial charge in [0.2, 0.25) is 0 Å². The molecule has 0 saturated heterocycles. The zero-order valence-electron chi connectivity index (χ0n) is 17.8. The van der Waals surface area contributed by atoms with Crippen molar-refractivity contribution in [1.82, 2.24) is 5.01 Å². The number of benzene rings is 2. The topological polar surface area (TPSA) is 125 Å². The molecule has 0 amide bonds. The minimum atomic E-state index is -0.673. The van der Waals surface area contributed by atoms with Gasteiger partial charge in [-0.15, -0.1) is 0 Å². The number of allylic oxidation sites excluding steroid dienone is 3. The standard InChI is InChI=1S/C24H23N5O3/c1-24(2)12-19-22(20(30)13-24)21(15-8-10-17(11-9-15)29(31)32)18(14-25)23(26)28(19)27-16-6-4-3-5-7-16/h3-11,21,27H,12-13,26H2,1-2H3. The van der Waals surface area contributed by atoms with Crippen molar-refractivity contribution in [1.29, 1.82) is 5.26 Å². The Balaban J connectivity index is 1.89. The number of Topliss-reactive ketones (excluding diaryl/α,β-unsaturated/α-hetero) is 1. The van der Waals surface area contributed by atoms with Crippen molar-refractivity contribution in [2.24, 2.45) is 11.1 Å². The fourth-order valence-corrected chi connectivity index (χ4v) is 4.40. The lowest BCUT2D eigenvalue weighted by atomic mass is 9.69. The zero-order chi connectivity index (χ0) is 23.0. The molecule has 3 N–H and O–H groups in total. The van der Waals surface area contributed by atoms with Crippen LogP contribution in [0.25, 0.3) is 0 Å². The number of rotatable bonds is 4. The van der Waals surface area contributed by atoms with Crippen LogP contribution in [-0.4, -0.2) is 15.7 Å². The number of non-ortho nitro benzene ring substituents is 1. The summed E-state index contributed by atoms with van der Waals surface area (Å²) in [5.74, 6) is -0.517. The second-order valence-corrected chi connectivity index (χ2v) is 8.81. The molecule has 162 valence electrons. The highest BCUT2D eigenvalue weighted by molar-refractivity contribution is 6.00. The summed E-state index contributed by atoms with van der Waals surface area (Å²) < 4.78 is 0. The van der Waals surface area contributed by atoms with Crippen molar-refractivity contribution in [2.75, 3.05) is 5.43 Å². The Morgan fingerprint density at radius 2 is 1.81 bits per heavy atom. The number of nitro benzene ring substituents is 1. The lowest BCUT2D eigenvalue weighted by molar-refractivity contribution is -0.384. The van der Waals surface area contributed by atoms with E-state index in [9.17, 15) is 20.2 Å². The summed E-state index contributed by atoms with van der Waals surface area (Å²) in [6.45, 7) is 4.05. The van der Waals surface area contributed by atoms with Crippen molar-refractivity contribution in [3.63, 3.8) is 0 Å². The highest BCUT2D eigenvalue weighted by Gasteiger charge is 2.44. The summed E-state index contributed by atoms with van der Waals surface area (Å²) in [5, 5.41) is 22.7. The van der Waals surface area contributed by atoms with Gasteiger partial charge in [0.15, 0.2) is 5.78 Å². The van der Waals surface area contributed by atoms with E-state index in [4.69, 9.17) is 5.73 Å². The molecule has 0 radical (unpaired) electrons. The van der Waals surface area contributed by atoms with Gasteiger partial charge in [-0.1, -0.05) is 44.2 Å². The van der Waals surface area contributed by atoms with E-state index >= 15 is 0 Å². The van der Waals surface area contributed by atoms with E-state index in [0.29, 0.717) is 24.0 Å². The number of nitrogens with zero attached hydrogens (tertiary/aromatic N) is 3. The van der Waals surface area contributed by atoms with Gasteiger partial charge in [0.05, 0.1) is 33.9 Å². The number of nitrogens with two attached hydrogens (primary N) is 1. The Morgan fingerprint density at radius 1 is 1.16 bits per heavy atom. The molecule has 0 fully saturated rings. The lowest BCUT2D eigenvalue weighted by Gasteiger charge is -2.43. The third kappa shape index (κ3) is 3.69. The average molecular weight is 429 g/mol. The Kier molecular flexibility index (Phi) is 5.18. The van der Waals surface area contributed by atoms with Crippen molar-refractivity contribution in [3.05, 3.63) is 92.9 Å². The van der Waals surface area contributed by atoms with Gasteiger partial charge in [0, 0.05) is 24.1 Å². The second kappa shape index (κ2) is 7.85. The fraction of sp³-hybridized carbons (Fsp3) is 0.250. The van der Waals surface area contributed by atoms with Crippen molar-refractivity contribution >= 4 is 17.2 Å². The van der Waals surface area contributed by atoms with Crippen LogP contribution < -0.4 is 11.2 Å². The maximum atomic E-state index is 13.4. The first-order valence-electron chi connectivity index (χ1n) is 10.2. The van der Waals surface area contributed by atoms with Gasteiger partial charge in [0.25, 0.3) is 5.69 Å². The summed E-state index contributed by atoms with van der Waals surface area (Å²) in [4.78, 5) is 24.0. The summed E-state index contributed by atoms with van der Waals surface area (Å²) in [6, 6.07) is 17.5. The molecule has 4 rings (SSSR count). The number of nitrogens with one attached hydrogen (secondary N) is 1. The molecule has 2 aliphatic rings. The van der Waals surface area contributed by atoms with Crippen LogP contribution >= 0.6 is 0 Å². The van der Waals surface area contributed by atoms with Crippen LogP contribution in [0.5, 0.6) is 0 Å². The van der Waals surface area contributed by atoms with E-state index < -0.39 is 10.8 Å². The van der Waals surface area contributed by atoms with Gasteiger partial charge >= 0.3 is 0 Å². The first kappa shape index (κ1) is 21.1. The van der Waals surface area contributed by atoms with Crippen LogP contribution in [0.3, 0.4) is 0 Å². The predicted octanol–water partition coefficient (Wildman–Crippen LogP) is 4.36. The van der Waals surface area contributed by atoms with E-state index in [1.807, 2.05) is 44.2 Å². The molecule has 8 nitrogen and oxygen atoms in total. The van der Waals surface area contributed by atoms with Crippen LogP contribution in [0.2, 0.25) is 0 Å². The van der Waals surface area contributed by atoms with Crippen LogP contribution in [0, 0.1) is 26.9 Å². The molecule has 1 atom stereocenters. The van der Waals surface area contributed by atoms with Gasteiger partial charge in [-0.05, 0) is 29.5 Å². The summed E-state index contributed by atoms with van der Waals surface area (Å²) in [5.41, 5.74) is 12.2. The van der Waals surface area contributed by atoms with Gasteiger partial charge in [-0.3, -0.25) is 20.3 Å². The normalized spacial score (nSPS) is 20.0. The molecule has 0 aromatic heterocycles. The molecule has 1 unspecified atom stereocenters. The number of ketones is 1. The average Bonchev–Trinajstić information content (AvgIpc) is 2.75. The van der Waals surface area contributed by atoms with Crippen LogP contribution in [0.15, 0.2) is 77.3 Å². The molecular formula is C24H23N5O3. The monoisotopic (exact) mass is 429 g/mol. The summed E-state index contributed by atoms with van der Waals surface area (Å²) in [7, 11) is 0. The van der Waals surface area contributed by atoms with Gasteiger partial charge in [-0.2, -0.15) is 5.26 Å². The van der Waals surface area contributed by atoms with Crippen LogP contribution in [-0.2, 0) is 4.79 Å². The quantitative estimate of drug-likeness (QED) is 0.546. The van der Waals surface area contributed by atoms with Gasteiger partial charge < -0.3 is 5.73 Å². The Hall–Kier alpha value is -4.12. The molecular weight excluding hydrogens is 406 g/mol. The number of hydrogen-bond donors (Lipinski definition) is 2. The van der Waals surface area contributed by atoms with Crippen molar-refractivity contribution in [2.45, 2.75) is 32.6 Å². The van der Waals surface area contributed by atoms with Crippen LogP contribution in [0.1, 0.15) is 38.2 Å². The molecule has 1 aliphatic carbocycles. The minimum absolute atomic E-state index is 0.0558. The maximum Gasteiger partial charge on any atom is 0.269 e. The number of hydrogen-bond acceptors (Lipinski definition) is 7. The maximum absolute atomic E-state index is 13.4. The zero-order valence-corrected chi connectivity index (χ0v) is 17.8. The molecule has 1 heterocycles. The van der Waals surface area contributed by atoms with Crippen molar-refractivity contribution < 1.29 is 9.72 Å². The first-order chi connectivity index (χ1) is 15.2. The van der Waals surface area contributed by atoms with Crippen LogP contribution in [0.4, 0.5) is 11.4 Å². The third-order valence-corrected chi connectivity index (χ3v) is 5.83. The minimum Gasteiger partial charge on any atom is -0.383 e. The van der Waals surface area contributed by atoms with Gasteiger partial charge in [0.1, 0.15) is 5.82 Å². The largest absolute Gasteiger partial charge is 0.383 e. The Labute approximate surface area is 185 Å². The summed E-state index contributed by atoms with van der Waals surface area (Å²) >= 11 is 0. The molecule has 2 aromatic rings. The number of nitriles is 1. The molecule has 0 saturated carbocycles. The SMILES string of the molecule is CC1(C)CC(=O)C2=C(C1)N(Nc1ccccc1)C(N)=C(C#N)C2c1ccc([N+](=O)[O-])cc1. The number of carbonyl (C=O) groups is 1. The third-order valence-electron chi connectivity index (χ3n) is 5.83. The summed E-state index contributed by atoms with van der Waals surface area (Å²) in [6.07, 6.45) is 0.921. The predicted molar refractivity (Wildman–Crippen MR) is 120 cm³/mol. The van der Waals surface area contributed by atoms with E-state index in [2.05, 4.69) is 11.5 Å². The highest BCUT2D eigenvalue weighted by atomic mass is 16.6. The molecule has 8 heteroatoms. The molecule has 0 spiro atoms. The molecule has 2 aromatic carbocycles.